The fourth-order valence-electron chi connectivity index (χ4n) is 4.47. The summed E-state index contributed by atoms with van der Waals surface area (Å²) in [5.41, 5.74) is 1.95. The van der Waals surface area contributed by atoms with Crippen LogP contribution in [0.1, 0.15) is 50.2 Å². The number of hydrogen-bond acceptors (Lipinski definition) is 4. The van der Waals surface area contributed by atoms with Crippen molar-refractivity contribution in [2.45, 2.75) is 58.1 Å². The maximum absolute atomic E-state index is 13.0. The number of carbonyl (C=O) groups excluding carboxylic acids is 1. The summed E-state index contributed by atoms with van der Waals surface area (Å²) in [5, 5.41) is 12.3. The lowest BCUT2D eigenvalue weighted by Crippen LogP contribution is -2.44. The molecule has 0 radical (unpaired) electrons. The van der Waals surface area contributed by atoms with Crippen LogP contribution >= 0.6 is 0 Å². The summed E-state index contributed by atoms with van der Waals surface area (Å²) in [7, 11) is 0. The molecule has 35 heavy (non-hydrogen) atoms. The van der Waals surface area contributed by atoms with Crippen molar-refractivity contribution in [3.8, 4) is 5.75 Å². The zero-order valence-corrected chi connectivity index (χ0v) is 20.7. The van der Waals surface area contributed by atoms with Crippen molar-refractivity contribution in [1.82, 2.24) is 10.2 Å². The van der Waals surface area contributed by atoms with Gasteiger partial charge in [0, 0.05) is 26.1 Å². The molecule has 7 nitrogen and oxygen atoms in total. The standard InChI is InChI=1S/C28H38N2O5/c1-2-34-26(27(31)32)19-22-13-15-25(16-14-22)35-18-17-30(21-24-11-7-4-8-12-24)28(33)29-20-23-9-5-3-6-10-23/h3,5-6,9-10,13-16,24,26H,2,4,7-8,11-12,17-21H2,1H3,(H,29,33)(H,31,32). The first-order valence-electron chi connectivity index (χ1n) is 12.7. The van der Waals surface area contributed by atoms with Crippen LogP contribution in [0.5, 0.6) is 5.75 Å². The van der Waals surface area contributed by atoms with E-state index >= 15 is 0 Å². The normalized spacial score (nSPS) is 14.8. The number of rotatable bonds is 13. The van der Waals surface area contributed by atoms with Crippen molar-refractivity contribution in [3.05, 3.63) is 65.7 Å². The van der Waals surface area contributed by atoms with Crippen LogP contribution in [0.15, 0.2) is 54.6 Å². The maximum atomic E-state index is 13.0. The second kappa shape index (κ2) is 14.4. The first-order valence-corrected chi connectivity index (χ1v) is 12.7. The molecule has 0 bridgehead atoms. The summed E-state index contributed by atoms with van der Waals surface area (Å²) < 4.78 is 11.2. The SMILES string of the molecule is CCOC(Cc1ccc(OCCN(CC2CCCCC2)C(=O)NCc2ccccc2)cc1)C(=O)O. The number of carboxylic acids is 1. The molecule has 2 aromatic carbocycles. The topological polar surface area (TPSA) is 88.1 Å². The van der Waals surface area contributed by atoms with Gasteiger partial charge in [-0.25, -0.2) is 9.59 Å². The number of urea groups is 1. The van der Waals surface area contributed by atoms with Gasteiger partial charge in [0.1, 0.15) is 12.4 Å². The van der Waals surface area contributed by atoms with Crippen molar-refractivity contribution in [2.24, 2.45) is 5.92 Å². The lowest BCUT2D eigenvalue weighted by Gasteiger charge is -2.30. The fourth-order valence-corrected chi connectivity index (χ4v) is 4.47. The Morgan fingerprint density at radius 1 is 1.03 bits per heavy atom. The van der Waals surface area contributed by atoms with E-state index in [4.69, 9.17) is 9.47 Å². The van der Waals surface area contributed by atoms with Gasteiger partial charge in [0.25, 0.3) is 0 Å². The number of carbonyl (C=O) groups is 2. The molecule has 1 fully saturated rings. The summed E-state index contributed by atoms with van der Waals surface area (Å²) in [6, 6.07) is 17.2. The van der Waals surface area contributed by atoms with Crippen LogP contribution in [0, 0.1) is 5.92 Å². The number of aliphatic carboxylic acids is 1. The molecule has 0 saturated heterocycles. The molecule has 0 aliphatic heterocycles. The van der Waals surface area contributed by atoms with E-state index in [0.717, 1.165) is 17.7 Å². The molecule has 1 aliphatic carbocycles. The minimum Gasteiger partial charge on any atom is -0.492 e. The zero-order chi connectivity index (χ0) is 24.9. The smallest absolute Gasteiger partial charge is 0.333 e. The number of carboxylic acid groups (broad SMARTS) is 1. The van der Waals surface area contributed by atoms with E-state index in [9.17, 15) is 14.7 Å². The lowest BCUT2D eigenvalue weighted by molar-refractivity contribution is -0.149. The van der Waals surface area contributed by atoms with E-state index in [-0.39, 0.29) is 6.03 Å². The molecule has 7 heteroatoms. The highest BCUT2D eigenvalue weighted by atomic mass is 16.5. The van der Waals surface area contributed by atoms with E-state index in [0.29, 0.717) is 44.4 Å². The van der Waals surface area contributed by atoms with Gasteiger partial charge in [0.05, 0.1) is 6.54 Å². The Bertz CT molecular complexity index is 897. The van der Waals surface area contributed by atoms with Gasteiger partial charge in [-0.2, -0.15) is 0 Å². The second-order valence-electron chi connectivity index (χ2n) is 9.07. The van der Waals surface area contributed by atoms with Gasteiger partial charge < -0.3 is 24.8 Å². The Kier molecular flexibility index (Phi) is 10.9. The van der Waals surface area contributed by atoms with Gasteiger partial charge in [-0.1, -0.05) is 61.7 Å². The molecule has 1 aliphatic rings. The molecular weight excluding hydrogens is 444 g/mol. The van der Waals surface area contributed by atoms with Gasteiger partial charge in [0.15, 0.2) is 6.10 Å². The van der Waals surface area contributed by atoms with Crippen LogP contribution in [0.2, 0.25) is 0 Å². The fraction of sp³-hybridized carbons (Fsp3) is 0.500. The minimum atomic E-state index is -0.962. The number of benzene rings is 2. The summed E-state index contributed by atoms with van der Waals surface area (Å²) >= 11 is 0. The molecule has 2 N–H and O–H groups in total. The molecule has 2 aromatic rings. The number of amides is 2. The molecule has 190 valence electrons. The average molecular weight is 483 g/mol. The second-order valence-corrected chi connectivity index (χ2v) is 9.07. The molecular formula is C28H38N2O5. The largest absolute Gasteiger partial charge is 0.492 e. The molecule has 1 unspecified atom stereocenters. The predicted octanol–water partition coefficient (Wildman–Crippen LogP) is 4.89. The zero-order valence-electron chi connectivity index (χ0n) is 20.7. The van der Waals surface area contributed by atoms with Crippen molar-refractivity contribution in [1.29, 1.82) is 0 Å². The monoisotopic (exact) mass is 482 g/mol. The van der Waals surface area contributed by atoms with Gasteiger partial charge in [-0.15, -0.1) is 0 Å². The quantitative estimate of drug-likeness (QED) is 0.424. The van der Waals surface area contributed by atoms with E-state index < -0.39 is 12.1 Å². The van der Waals surface area contributed by atoms with E-state index in [1.54, 1.807) is 6.92 Å². The highest BCUT2D eigenvalue weighted by molar-refractivity contribution is 5.74. The van der Waals surface area contributed by atoms with Crippen LogP contribution in [0.3, 0.4) is 0 Å². The van der Waals surface area contributed by atoms with Crippen LogP contribution < -0.4 is 10.1 Å². The Hall–Kier alpha value is -3.06. The van der Waals surface area contributed by atoms with Crippen LogP contribution in [-0.4, -0.2) is 54.4 Å². The molecule has 2 amide bonds. The van der Waals surface area contributed by atoms with Crippen molar-refractivity contribution in [3.63, 3.8) is 0 Å². The molecule has 0 heterocycles. The average Bonchev–Trinajstić information content (AvgIpc) is 2.88. The van der Waals surface area contributed by atoms with Gasteiger partial charge >= 0.3 is 12.0 Å². The number of nitrogens with one attached hydrogen (secondary N) is 1. The number of hydrogen-bond donors (Lipinski definition) is 2. The molecule has 3 rings (SSSR count). The third kappa shape index (κ3) is 9.25. The lowest BCUT2D eigenvalue weighted by atomic mass is 9.89. The van der Waals surface area contributed by atoms with E-state index in [2.05, 4.69) is 5.32 Å². The Balaban J connectivity index is 1.52. The summed E-state index contributed by atoms with van der Waals surface area (Å²) in [6.07, 6.45) is 5.55. The van der Waals surface area contributed by atoms with Gasteiger partial charge in [0.2, 0.25) is 0 Å². The first-order chi connectivity index (χ1) is 17.0. The van der Waals surface area contributed by atoms with E-state index in [1.807, 2.05) is 59.5 Å². The van der Waals surface area contributed by atoms with Gasteiger partial charge in [-0.05, 0) is 48.9 Å². The highest BCUT2D eigenvalue weighted by Crippen LogP contribution is 2.24. The number of nitrogens with zero attached hydrogens (tertiary/aromatic N) is 1. The third-order valence-electron chi connectivity index (χ3n) is 6.39. The Morgan fingerprint density at radius 3 is 2.40 bits per heavy atom. The minimum absolute atomic E-state index is 0.0611. The summed E-state index contributed by atoms with van der Waals surface area (Å²) in [4.78, 5) is 26.2. The third-order valence-corrected chi connectivity index (χ3v) is 6.39. The molecule has 0 spiro atoms. The number of ether oxygens (including phenoxy) is 2. The van der Waals surface area contributed by atoms with Crippen molar-refractivity contribution in [2.75, 3.05) is 26.3 Å². The highest BCUT2D eigenvalue weighted by Gasteiger charge is 2.21. The van der Waals surface area contributed by atoms with E-state index in [1.165, 1.54) is 32.1 Å². The van der Waals surface area contributed by atoms with Gasteiger partial charge in [-0.3, -0.25) is 0 Å². The Labute approximate surface area is 208 Å². The van der Waals surface area contributed by atoms with Crippen LogP contribution in [0.25, 0.3) is 0 Å². The molecule has 1 saturated carbocycles. The molecule has 1 atom stereocenters. The molecule has 0 aromatic heterocycles. The van der Waals surface area contributed by atoms with Crippen LogP contribution in [-0.2, 0) is 22.5 Å². The van der Waals surface area contributed by atoms with Crippen molar-refractivity contribution >= 4 is 12.0 Å². The Morgan fingerprint density at radius 2 is 1.74 bits per heavy atom. The first kappa shape index (κ1) is 26.5. The predicted molar refractivity (Wildman–Crippen MR) is 136 cm³/mol. The van der Waals surface area contributed by atoms with Crippen LogP contribution in [0.4, 0.5) is 4.79 Å². The van der Waals surface area contributed by atoms with Crippen molar-refractivity contribution < 1.29 is 24.2 Å². The summed E-state index contributed by atoms with van der Waals surface area (Å²) in [6.45, 7) is 4.28. The summed E-state index contributed by atoms with van der Waals surface area (Å²) in [5.74, 6) is 0.271. The maximum Gasteiger partial charge on any atom is 0.333 e.